The first-order valence-corrected chi connectivity index (χ1v) is 5.84. The lowest BCUT2D eigenvalue weighted by atomic mass is 10.1. The number of Topliss-reactive ketones (excluding diaryl/α,β-unsaturated/α-hetero) is 1. The Morgan fingerprint density at radius 1 is 1.42 bits per heavy atom. The van der Waals surface area contributed by atoms with Crippen LogP contribution in [0.2, 0.25) is 0 Å². The first kappa shape index (κ1) is 15.1. The summed E-state index contributed by atoms with van der Waals surface area (Å²) in [5.74, 6) is -1.15. The lowest BCUT2D eigenvalue weighted by molar-refractivity contribution is 0.0497. The molecule has 19 heavy (non-hydrogen) atoms. The molecule has 1 heterocycles. The molecule has 0 saturated heterocycles. The predicted octanol–water partition coefficient (Wildman–Crippen LogP) is 2.32. The predicted molar refractivity (Wildman–Crippen MR) is 67.4 cm³/mol. The Bertz CT molecular complexity index is 483. The van der Waals surface area contributed by atoms with Crippen molar-refractivity contribution in [3.63, 3.8) is 0 Å². The van der Waals surface area contributed by atoms with Crippen LogP contribution in [-0.2, 0) is 4.74 Å². The second-order valence-electron chi connectivity index (χ2n) is 5.10. The first-order chi connectivity index (χ1) is 8.69. The number of alkyl carbamates (subject to hydrolysis) is 1. The highest BCUT2D eigenvalue weighted by atomic mass is 19.1. The van der Waals surface area contributed by atoms with Gasteiger partial charge in [-0.05, 0) is 33.8 Å². The highest BCUT2D eigenvalue weighted by Gasteiger charge is 2.22. The fourth-order valence-corrected chi connectivity index (χ4v) is 1.36. The van der Waals surface area contributed by atoms with Crippen LogP contribution in [0.25, 0.3) is 0 Å². The number of hydrogen-bond donors (Lipinski definition) is 1. The van der Waals surface area contributed by atoms with Crippen LogP contribution in [0, 0.1) is 5.95 Å². The Kier molecular flexibility index (Phi) is 4.58. The topological polar surface area (TPSA) is 68.3 Å². The Morgan fingerprint density at radius 3 is 2.58 bits per heavy atom. The summed E-state index contributed by atoms with van der Waals surface area (Å²) >= 11 is 0. The molecule has 0 fully saturated rings. The summed E-state index contributed by atoms with van der Waals surface area (Å²) in [6.07, 6.45) is 0.505. The van der Waals surface area contributed by atoms with Crippen molar-refractivity contribution in [2.24, 2.45) is 0 Å². The molecule has 0 aromatic carbocycles. The van der Waals surface area contributed by atoms with E-state index in [0.29, 0.717) is 0 Å². The number of rotatable bonds is 3. The fourth-order valence-electron chi connectivity index (χ4n) is 1.36. The van der Waals surface area contributed by atoms with Crippen LogP contribution in [0.4, 0.5) is 9.18 Å². The van der Waals surface area contributed by atoms with Crippen LogP contribution >= 0.6 is 0 Å². The molecule has 0 aliphatic carbocycles. The number of ketones is 1. The molecule has 104 valence electrons. The second kappa shape index (κ2) is 5.77. The van der Waals surface area contributed by atoms with Crippen molar-refractivity contribution in [1.29, 1.82) is 0 Å². The quantitative estimate of drug-likeness (QED) is 0.674. The van der Waals surface area contributed by atoms with Crippen LogP contribution in [0.1, 0.15) is 38.1 Å². The summed E-state index contributed by atoms with van der Waals surface area (Å²) in [6, 6.07) is 1.60. The van der Waals surface area contributed by atoms with E-state index in [1.807, 2.05) is 0 Å². The van der Waals surface area contributed by atoms with E-state index in [4.69, 9.17) is 4.74 Å². The van der Waals surface area contributed by atoms with Gasteiger partial charge in [-0.2, -0.15) is 4.39 Å². The minimum absolute atomic E-state index is 0.149. The van der Waals surface area contributed by atoms with Gasteiger partial charge in [0.15, 0.2) is 5.78 Å². The van der Waals surface area contributed by atoms with E-state index >= 15 is 0 Å². The zero-order chi connectivity index (χ0) is 14.6. The summed E-state index contributed by atoms with van der Waals surface area (Å²) in [6.45, 7) is 6.66. The van der Waals surface area contributed by atoms with Crippen molar-refractivity contribution in [3.05, 3.63) is 29.8 Å². The third-order valence-corrected chi connectivity index (χ3v) is 2.14. The number of nitrogens with zero attached hydrogens (tertiary/aromatic N) is 1. The zero-order valence-electron chi connectivity index (χ0n) is 11.4. The van der Waals surface area contributed by atoms with Crippen molar-refractivity contribution in [2.75, 3.05) is 0 Å². The summed E-state index contributed by atoms with van der Waals surface area (Å²) in [5.41, 5.74) is -0.494. The van der Waals surface area contributed by atoms with Crippen LogP contribution in [0.3, 0.4) is 0 Å². The lowest BCUT2D eigenvalue weighted by Gasteiger charge is -2.21. The van der Waals surface area contributed by atoms with Gasteiger partial charge in [0, 0.05) is 17.8 Å². The van der Waals surface area contributed by atoms with Gasteiger partial charge in [0.25, 0.3) is 0 Å². The number of halogens is 1. The van der Waals surface area contributed by atoms with Crippen molar-refractivity contribution < 1.29 is 18.7 Å². The molecule has 1 N–H and O–H groups in total. The average Bonchev–Trinajstić information content (AvgIpc) is 2.25. The van der Waals surface area contributed by atoms with Crippen molar-refractivity contribution in [2.45, 2.75) is 39.3 Å². The molecule has 1 aromatic heterocycles. The maximum Gasteiger partial charge on any atom is 0.408 e. The first-order valence-electron chi connectivity index (χ1n) is 5.84. The molecule has 6 heteroatoms. The Labute approximate surface area is 111 Å². The van der Waals surface area contributed by atoms with E-state index in [2.05, 4.69) is 10.3 Å². The molecule has 0 aliphatic heterocycles. The van der Waals surface area contributed by atoms with Gasteiger partial charge in [0.1, 0.15) is 5.60 Å². The van der Waals surface area contributed by atoms with E-state index in [-0.39, 0.29) is 5.56 Å². The molecule has 0 aliphatic rings. The van der Waals surface area contributed by atoms with E-state index in [0.717, 1.165) is 6.07 Å². The third kappa shape index (κ3) is 5.03. The standard InChI is InChI=1S/C13H17FN2O3/c1-8(16-12(18)19-13(2,3)4)11(17)9-5-6-15-10(14)7-9/h5-8H,1-4H3,(H,16,18)/t8-/m0/s1. The smallest absolute Gasteiger partial charge is 0.408 e. The number of amides is 1. The Morgan fingerprint density at radius 2 is 2.05 bits per heavy atom. The maximum atomic E-state index is 12.9. The van der Waals surface area contributed by atoms with Crippen molar-refractivity contribution in [1.82, 2.24) is 10.3 Å². The molecule has 1 rings (SSSR count). The van der Waals surface area contributed by atoms with E-state index < -0.39 is 29.5 Å². The number of pyridine rings is 1. The van der Waals surface area contributed by atoms with Gasteiger partial charge < -0.3 is 10.1 Å². The molecule has 1 amide bonds. The number of carbonyl (C=O) groups excluding carboxylic acids is 2. The van der Waals surface area contributed by atoms with Crippen LogP contribution in [0.15, 0.2) is 18.3 Å². The van der Waals surface area contributed by atoms with Gasteiger partial charge in [-0.1, -0.05) is 0 Å². The molecular weight excluding hydrogens is 251 g/mol. The summed E-state index contributed by atoms with van der Waals surface area (Å²) in [4.78, 5) is 26.8. The average molecular weight is 268 g/mol. The summed E-state index contributed by atoms with van der Waals surface area (Å²) in [5, 5.41) is 2.40. The highest BCUT2D eigenvalue weighted by Crippen LogP contribution is 2.08. The van der Waals surface area contributed by atoms with Crippen molar-refractivity contribution in [3.8, 4) is 0 Å². The van der Waals surface area contributed by atoms with Gasteiger partial charge in [-0.25, -0.2) is 9.78 Å². The monoisotopic (exact) mass is 268 g/mol. The lowest BCUT2D eigenvalue weighted by Crippen LogP contribution is -2.41. The molecule has 0 radical (unpaired) electrons. The van der Waals surface area contributed by atoms with Gasteiger partial charge in [0.05, 0.1) is 6.04 Å². The molecule has 5 nitrogen and oxygen atoms in total. The van der Waals surface area contributed by atoms with Crippen LogP contribution in [0.5, 0.6) is 0 Å². The number of ether oxygens (including phenoxy) is 1. The minimum Gasteiger partial charge on any atom is -0.444 e. The third-order valence-electron chi connectivity index (χ3n) is 2.14. The summed E-state index contributed by atoms with van der Waals surface area (Å²) in [7, 11) is 0. The Balaban J connectivity index is 2.66. The minimum atomic E-state index is -0.809. The highest BCUT2D eigenvalue weighted by molar-refractivity contribution is 6.01. The Hall–Kier alpha value is -1.98. The number of aromatic nitrogens is 1. The van der Waals surface area contributed by atoms with Gasteiger partial charge >= 0.3 is 6.09 Å². The second-order valence-corrected chi connectivity index (χ2v) is 5.10. The number of nitrogens with one attached hydrogen (secondary N) is 1. The zero-order valence-corrected chi connectivity index (χ0v) is 11.4. The molecular formula is C13H17FN2O3. The van der Waals surface area contributed by atoms with Crippen LogP contribution in [-0.4, -0.2) is 28.5 Å². The molecule has 0 bridgehead atoms. The molecule has 1 atom stereocenters. The molecule has 0 spiro atoms. The van der Waals surface area contributed by atoms with Crippen LogP contribution < -0.4 is 5.32 Å². The van der Waals surface area contributed by atoms with Gasteiger partial charge in [-0.3, -0.25) is 4.79 Å². The molecule has 0 saturated carbocycles. The number of carbonyl (C=O) groups is 2. The molecule has 0 unspecified atom stereocenters. The normalized spacial score (nSPS) is 12.7. The summed E-state index contributed by atoms with van der Waals surface area (Å²) < 4.78 is 17.9. The van der Waals surface area contributed by atoms with Crippen molar-refractivity contribution >= 4 is 11.9 Å². The van der Waals surface area contributed by atoms with E-state index in [1.165, 1.54) is 19.2 Å². The van der Waals surface area contributed by atoms with Gasteiger partial charge in [-0.15, -0.1) is 0 Å². The molecule has 1 aromatic rings. The van der Waals surface area contributed by atoms with E-state index in [1.54, 1.807) is 20.8 Å². The van der Waals surface area contributed by atoms with Gasteiger partial charge in [0.2, 0.25) is 5.95 Å². The number of hydrogen-bond acceptors (Lipinski definition) is 4. The largest absolute Gasteiger partial charge is 0.444 e. The van der Waals surface area contributed by atoms with E-state index in [9.17, 15) is 14.0 Å². The fraction of sp³-hybridized carbons (Fsp3) is 0.462. The maximum absolute atomic E-state index is 12.9. The SMILES string of the molecule is C[C@H](NC(=O)OC(C)(C)C)C(=O)c1ccnc(F)c1.